The molecule has 0 bridgehead atoms. The van der Waals surface area contributed by atoms with Crippen molar-refractivity contribution in [2.24, 2.45) is 0 Å². The summed E-state index contributed by atoms with van der Waals surface area (Å²) in [5.41, 5.74) is 2.83. The number of anilines is 3. The van der Waals surface area contributed by atoms with Gasteiger partial charge in [0.25, 0.3) is 5.91 Å². The summed E-state index contributed by atoms with van der Waals surface area (Å²) in [7, 11) is 0. The maximum atomic E-state index is 11.7. The minimum Gasteiger partial charge on any atom is -0.324 e. The van der Waals surface area contributed by atoms with Gasteiger partial charge in [0.05, 0.1) is 5.52 Å². The van der Waals surface area contributed by atoms with E-state index in [4.69, 9.17) is 0 Å². The Morgan fingerprint density at radius 1 is 1.17 bits per heavy atom. The number of aromatic nitrogens is 2. The van der Waals surface area contributed by atoms with E-state index in [1.165, 1.54) is 0 Å². The minimum absolute atomic E-state index is 0.205. The number of hydrogen-bond acceptors (Lipinski definition) is 4. The fourth-order valence-electron chi connectivity index (χ4n) is 2.10. The van der Waals surface area contributed by atoms with Gasteiger partial charge in [-0.3, -0.25) is 4.79 Å². The third-order valence-electron chi connectivity index (χ3n) is 3.31. The number of nitrogens with one attached hydrogen (secondary N) is 2. The Hall–Kier alpha value is -2.73. The molecule has 120 valence electrons. The molecule has 6 heteroatoms. The maximum absolute atomic E-state index is 11.7. The van der Waals surface area contributed by atoms with Crippen molar-refractivity contribution in [3.63, 3.8) is 0 Å². The summed E-state index contributed by atoms with van der Waals surface area (Å²) < 4.78 is 0.978. The topological polar surface area (TPSA) is 66.9 Å². The predicted octanol–water partition coefficient (Wildman–Crippen LogP) is 4.65. The van der Waals surface area contributed by atoms with Gasteiger partial charge in [-0.1, -0.05) is 28.6 Å². The van der Waals surface area contributed by atoms with Crippen molar-refractivity contribution >= 4 is 50.1 Å². The Bertz CT molecular complexity index is 939. The molecule has 1 amide bonds. The van der Waals surface area contributed by atoms with Gasteiger partial charge in [0.1, 0.15) is 0 Å². The molecule has 1 aromatic heterocycles. The van der Waals surface area contributed by atoms with E-state index < -0.39 is 0 Å². The summed E-state index contributed by atoms with van der Waals surface area (Å²) in [6.45, 7) is 5.29. The van der Waals surface area contributed by atoms with Crippen LogP contribution in [0.5, 0.6) is 0 Å². The lowest BCUT2D eigenvalue weighted by Gasteiger charge is -2.08. The number of halogens is 1. The number of fused-ring (bicyclic) bond motifs is 1. The van der Waals surface area contributed by atoms with E-state index in [1.54, 1.807) is 19.2 Å². The van der Waals surface area contributed by atoms with Crippen LogP contribution in [0.15, 0.2) is 65.3 Å². The van der Waals surface area contributed by atoms with Crippen LogP contribution in [0, 0.1) is 0 Å². The largest absolute Gasteiger partial charge is 0.324 e. The number of amides is 1. The fraction of sp³-hybridized carbons (Fsp3) is 0.0556. The number of rotatable bonds is 4. The maximum Gasteiger partial charge on any atom is 0.250 e. The lowest BCUT2D eigenvalue weighted by molar-refractivity contribution is -0.112. The predicted molar refractivity (Wildman–Crippen MR) is 100 cm³/mol. The zero-order valence-corrected chi connectivity index (χ0v) is 14.6. The summed E-state index contributed by atoms with van der Waals surface area (Å²) >= 11 is 3.43. The van der Waals surface area contributed by atoms with Crippen LogP contribution in [0.3, 0.4) is 0 Å². The monoisotopic (exact) mass is 382 g/mol. The van der Waals surface area contributed by atoms with E-state index >= 15 is 0 Å². The van der Waals surface area contributed by atoms with Gasteiger partial charge in [-0.2, -0.15) is 0 Å². The van der Waals surface area contributed by atoms with E-state index in [0.29, 0.717) is 17.2 Å². The average Bonchev–Trinajstić information content (AvgIpc) is 2.55. The van der Waals surface area contributed by atoms with Crippen LogP contribution in [0.25, 0.3) is 10.9 Å². The Morgan fingerprint density at radius 3 is 2.75 bits per heavy atom. The van der Waals surface area contributed by atoms with Gasteiger partial charge in [0, 0.05) is 33.0 Å². The molecule has 0 saturated carbocycles. The summed E-state index contributed by atoms with van der Waals surface area (Å²) in [4.78, 5) is 20.5. The summed E-state index contributed by atoms with van der Waals surface area (Å²) in [5, 5.41) is 6.79. The van der Waals surface area contributed by atoms with Crippen LogP contribution in [0.2, 0.25) is 0 Å². The van der Waals surface area contributed by atoms with Crippen LogP contribution in [0.1, 0.15) is 6.92 Å². The first-order valence-electron chi connectivity index (χ1n) is 7.27. The van der Waals surface area contributed by atoms with Gasteiger partial charge in [-0.25, -0.2) is 9.97 Å². The molecule has 0 spiro atoms. The second-order valence-electron chi connectivity index (χ2n) is 5.34. The smallest absolute Gasteiger partial charge is 0.250 e. The van der Waals surface area contributed by atoms with Crippen LogP contribution >= 0.6 is 15.9 Å². The molecule has 2 aromatic carbocycles. The van der Waals surface area contributed by atoms with Crippen molar-refractivity contribution in [3.8, 4) is 0 Å². The minimum atomic E-state index is -0.205. The molecule has 0 aliphatic heterocycles. The van der Waals surface area contributed by atoms with Gasteiger partial charge in [0.15, 0.2) is 0 Å². The van der Waals surface area contributed by atoms with Gasteiger partial charge in [-0.15, -0.1) is 0 Å². The molecule has 3 aromatic rings. The molecule has 1 heterocycles. The normalized spacial score (nSPS) is 10.4. The highest BCUT2D eigenvalue weighted by atomic mass is 79.9. The SMILES string of the molecule is C=C(C)C(=O)Nc1ccc2nc(Nc3cccc(Br)c3)ncc2c1. The molecule has 0 radical (unpaired) electrons. The Balaban J connectivity index is 1.84. The Kier molecular flexibility index (Phi) is 4.57. The van der Waals surface area contributed by atoms with Gasteiger partial charge in [-0.05, 0) is 43.3 Å². The average molecular weight is 383 g/mol. The highest BCUT2D eigenvalue weighted by Crippen LogP contribution is 2.21. The first-order valence-corrected chi connectivity index (χ1v) is 8.07. The van der Waals surface area contributed by atoms with E-state index in [-0.39, 0.29) is 5.91 Å². The molecule has 0 unspecified atom stereocenters. The van der Waals surface area contributed by atoms with E-state index in [9.17, 15) is 4.79 Å². The Morgan fingerprint density at radius 2 is 2.00 bits per heavy atom. The van der Waals surface area contributed by atoms with Crippen molar-refractivity contribution < 1.29 is 4.79 Å². The second kappa shape index (κ2) is 6.80. The van der Waals surface area contributed by atoms with Crippen molar-refractivity contribution in [3.05, 3.63) is 65.3 Å². The highest BCUT2D eigenvalue weighted by molar-refractivity contribution is 9.10. The Labute approximate surface area is 148 Å². The number of carbonyl (C=O) groups excluding carboxylic acids is 1. The van der Waals surface area contributed by atoms with Gasteiger partial charge < -0.3 is 10.6 Å². The van der Waals surface area contributed by atoms with Crippen LogP contribution < -0.4 is 10.6 Å². The third-order valence-corrected chi connectivity index (χ3v) is 3.80. The molecule has 5 nitrogen and oxygen atoms in total. The van der Waals surface area contributed by atoms with Crippen LogP contribution in [0.4, 0.5) is 17.3 Å². The van der Waals surface area contributed by atoms with Crippen LogP contribution in [-0.2, 0) is 4.79 Å². The fourth-order valence-corrected chi connectivity index (χ4v) is 2.50. The number of carbonyl (C=O) groups is 1. The third kappa shape index (κ3) is 3.78. The zero-order valence-electron chi connectivity index (χ0n) is 13.0. The highest BCUT2D eigenvalue weighted by Gasteiger charge is 2.05. The lowest BCUT2D eigenvalue weighted by atomic mass is 10.2. The summed E-state index contributed by atoms with van der Waals surface area (Å²) in [6.07, 6.45) is 1.72. The number of benzene rings is 2. The summed E-state index contributed by atoms with van der Waals surface area (Å²) in [5.74, 6) is 0.308. The zero-order chi connectivity index (χ0) is 17.1. The molecule has 0 aliphatic carbocycles. The molecule has 0 fully saturated rings. The van der Waals surface area contributed by atoms with Gasteiger partial charge in [0.2, 0.25) is 5.95 Å². The molecule has 2 N–H and O–H groups in total. The first kappa shape index (κ1) is 16.1. The van der Waals surface area contributed by atoms with E-state index in [2.05, 4.69) is 43.1 Å². The first-order chi connectivity index (χ1) is 11.5. The summed E-state index contributed by atoms with van der Waals surface area (Å²) in [6, 6.07) is 13.3. The van der Waals surface area contributed by atoms with E-state index in [1.807, 2.05) is 36.4 Å². The van der Waals surface area contributed by atoms with Gasteiger partial charge >= 0.3 is 0 Å². The molecular weight excluding hydrogens is 368 g/mol. The molecular formula is C18H15BrN4O. The van der Waals surface area contributed by atoms with Crippen molar-refractivity contribution in [1.82, 2.24) is 9.97 Å². The number of nitrogens with zero attached hydrogens (tertiary/aromatic N) is 2. The lowest BCUT2D eigenvalue weighted by Crippen LogP contribution is -2.11. The van der Waals surface area contributed by atoms with Crippen LogP contribution in [-0.4, -0.2) is 15.9 Å². The quantitative estimate of drug-likeness (QED) is 0.644. The van der Waals surface area contributed by atoms with Crippen molar-refractivity contribution in [2.45, 2.75) is 6.92 Å². The molecule has 0 atom stereocenters. The molecule has 3 rings (SSSR count). The van der Waals surface area contributed by atoms with E-state index in [0.717, 1.165) is 21.1 Å². The number of hydrogen-bond donors (Lipinski definition) is 2. The van der Waals surface area contributed by atoms with Crippen molar-refractivity contribution in [1.29, 1.82) is 0 Å². The van der Waals surface area contributed by atoms with Crippen molar-refractivity contribution in [2.75, 3.05) is 10.6 Å². The molecule has 0 saturated heterocycles. The standard InChI is InChI=1S/C18H15BrN4O/c1-11(2)17(24)21-15-6-7-16-12(8-15)10-20-18(23-16)22-14-5-3-4-13(19)9-14/h3-10H,1H2,2H3,(H,21,24)(H,20,22,23). The molecule has 24 heavy (non-hydrogen) atoms. The second-order valence-corrected chi connectivity index (χ2v) is 6.25. The molecule has 0 aliphatic rings.